The van der Waals surface area contributed by atoms with E-state index in [0.717, 1.165) is 0 Å². The number of halogens is 2. The number of piperazine rings is 1. The summed E-state index contributed by atoms with van der Waals surface area (Å²) in [6, 6.07) is 6.37. The first kappa shape index (κ1) is 17.0. The van der Waals surface area contributed by atoms with Gasteiger partial charge in [-0.3, -0.25) is 9.69 Å². The third kappa shape index (κ3) is 3.61. The maximum atomic E-state index is 13.9. The maximum absolute atomic E-state index is 13.9. The van der Waals surface area contributed by atoms with Crippen LogP contribution in [0.2, 0.25) is 5.02 Å². The zero-order valence-electron chi connectivity index (χ0n) is 13.2. The molecule has 1 fully saturated rings. The minimum Gasteiger partial charge on any atom is -0.467 e. The Morgan fingerprint density at radius 1 is 1.29 bits per heavy atom. The van der Waals surface area contributed by atoms with Gasteiger partial charge in [0.1, 0.15) is 17.8 Å². The van der Waals surface area contributed by atoms with Crippen LogP contribution in [0.4, 0.5) is 4.39 Å². The molecule has 0 spiro atoms. The van der Waals surface area contributed by atoms with Crippen molar-refractivity contribution in [3.8, 4) is 0 Å². The molecule has 2 heterocycles. The van der Waals surface area contributed by atoms with Gasteiger partial charge in [0, 0.05) is 43.3 Å². The van der Waals surface area contributed by atoms with Crippen LogP contribution in [0, 0.1) is 5.82 Å². The predicted octanol–water partition coefficient (Wildman–Crippen LogP) is 2.49. The smallest absolute Gasteiger partial charge is 0.257 e. The Balaban J connectivity index is 1.58. The summed E-state index contributed by atoms with van der Waals surface area (Å²) in [5.74, 6) is 0.224. The molecule has 0 radical (unpaired) electrons. The average Bonchev–Trinajstić information content (AvgIpc) is 3.07. The van der Waals surface area contributed by atoms with Crippen molar-refractivity contribution < 1.29 is 13.6 Å². The molecular weight excluding hydrogens is 333 g/mol. The number of benzene rings is 1. The Kier molecular flexibility index (Phi) is 5.18. The molecule has 1 saturated heterocycles. The van der Waals surface area contributed by atoms with Gasteiger partial charge in [0.2, 0.25) is 0 Å². The normalized spacial score (nSPS) is 15.7. The van der Waals surface area contributed by atoms with E-state index in [9.17, 15) is 9.18 Å². The highest BCUT2D eigenvalue weighted by atomic mass is 35.5. The number of carbonyl (C=O) groups excluding carboxylic acids is 1. The van der Waals surface area contributed by atoms with Crippen LogP contribution < -0.4 is 5.73 Å². The van der Waals surface area contributed by atoms with Gasteiger partial charge in [-0.15, -0.1) is 0 Å². The number of furan rings is 1. The maximum Gasteiger partial charge on any atom is 0.257 e. The summed E-state index contributed by atoms with van der Waals surface area (Å²) < 4.78 is 19.1. The van der Waals surface area contributed by atoms with E-state index in [0.29, 0.717) is 54.6 Å². The van der Waals surface area contributed by atoms with Gasteiger partial charge in [-0.05, 0) is 18.2 Å². The molecule has 2 aromatic rings. The Morgan fingerprint density at radius 3 is 2.67 bits per heavy atom. The van der Waals surface area contributed by atoms with Crippen LogP contribution in [-0.2, 0) is 13.1 Å². The van der Waals surface area contributed by atoms with E-state index in [1.165, 1.54) is 12.3 Å². The first-order valence-electron chi connectivity index (χ1n) is 7.80. The Morgan fingerprint density at radius 2 is 2.04 bits per heavy atom. The van der Waals surface area contributed by atoms with Gasteiger partial charge in [-0.25, -0.2) is 4.39 Å². The van der Waals surface area contributed by atoms with E-state index in [1.54, 1.807) is 23.1 Å². The molecule has 2 N–H and O–H groups in total. The van der Waals surface area contributed by atoms with Crippen molar-refractivity contribution in [1.29, 1.82) is 0 Å². The van der Waals surface area contributed by atoms with Gasteiger partial charge in [0.15, 0.2) is 0 Å². The quantitative estimate of drug-likeness (QED) is 0.919. The molecule has 128 valence electrons. The Bertz CT molecular complexity index is 706. The zero-order chi connectivity index (χ0) is 17.1. The summed E-state index contributed by atoms with van der Waals surface area (Å²) in [4.78, 5) is 16.3. The SMILES string of the molecule is NCc1cc(C(=O)N2CCN(Cc3c(F)cccc3Cl)CC2)co1. The lowest BCUT2D eigenvalue weighted by molar-refractivity contribution is 0.0626. The van der Waals surface area contributed by atoms with Crippen molar-refractivity contribution in [2.24, 2.45) is 5.73 Å². The number of nitrogens with two attached hydrogens (primary N) is 1. The molecule has 1 amide bonds. The summed E-state index contributed by atoms with van der Waals surface area (Å²) in [5, 5.41) is 0.432. The van der Waals surface area contributed by atoms with E-state index >= 15 is 0 Å². The number of hydrogen-bond acceptors (Lipinski definition) is 4. The summed E-state index contributed by atoms with van der Waals surface area (Å²) in [6.45, 7) is 3.19. The fourth-order valence-electron chi connectivity index (χ4n) is 2.80. The molecule has 1 aliphatic rings. The number of carbonyl (C=O) groups is 1. The standard InChI is InChI=1S/C17H19ClFN3O2/c18-15-2-1-3-16(19)14(15)10-21-4-6-22(7-5-21)17(23)12-8-13(9-20)24-11-12/h1-3,8,11H,4-7,9-10,20H2. The highest BCUT2D eigenvalue weighted by Crippen LogP contribution is 2.21. The van der Waals surface area contributed by atoms with Crippen molar-refractivity contribution >= 4 is 17.5 Å². The van der Waals surface area contributed by atoms with Crippen LogP contribution in [0.1, 0.15) is 21.7 Å². The second-order valence-corrected chi connectivity index (χ2v) is 6.18. The molecule has 0 aliphatic carbocycles. The van der Waals surface area contributed by atoms with Crippen LogP contribution >= 0.6 is 11.6 Å². The third-order valence-corrected chi connectivity index (χ3v) is 4.56. The first-order chi connectivity index (χ1) is 11.6. The minimum absolute atomic E-state index is 0.0676. The molecule has 5 nitrogen and oxygen atoms in total. The highest BCUT2D eigenvalue weighted by Gasteiger charge is 2.24. The average molecular weight is 352 g/mol. The van der Waals surface area contributed by atoms with Gasteiger partial charge in [-0.2, -0.15) is 0 Å². The molecule has 0 unspecified atom stereocenters. The lowest BCUT2D eigenvalue weighted by Gasteiger charge is -2.34. The Labute approximate surface area is 144 Å². The lowest BCUT2D eigenvalue weighted by atomic mass is 10.1. The monoisotopic (exact) mass is 351 g/mol. The largest absolute Gasteiger partial charge is 0.467 e. The van der Waals surface area contributed by atoms with Crippen molar-refractivity contribution in [2.45, 2.75) is 13.1 Å². The second-order valence-electron chi connectivity index (χ2n) is 5.77. The van der Waals surface area contributed by atoms with Crippen LogP contribution in [-0.4, -0.2) is 41.9 Å². The van der Waals surface area contributed by atoms with Gasteiger partial charge in [0.25, 0.3) is 5.91 Å². The Hall–Kier alpha value is -1.89. The van der Waals surface area contributed by atoms with Crippen molar-refractivity contribution in [1.82, 2.24) is 9.80 Å². The molecule has 1 aromatic carbocycles. The molecule has 3 rings (SSSR count). The van der Waals surface area contributed by atoms with E-state index in [2.05, 4.69) is 4.90 Å². The third-order valence-electron chi connectivity index (χ3n) is 4.20. The van der Waals surface area contributed by atoms with E-state index in [-0.39, 0.29) is 18.3 Å². The summed E-state index contributed by atoms with van der Waals surface area (Å²) in [5.41, 5.74) is 6.51. The molecule has 0 saturated carbocycles. The van der Waals surface area contributed by atoms with Crippen molar-refractivity contribution in [2.75, 3.05) is 26.2 Å². The number of hydrogen-bond donors (Lipinski definition) is 1. The van der Waals surface area contributed by atoms with Crippen molar-refractivity contribution in [3.63, 3.8) is 0 Å². The second kappa shape index (κ2) is 7.34. The topological polar surface area (TPSA) is 62.7 Å². The van der Waals surface area contributed by atoms with E-state index in [4.69, 9.17) is 21.8 Å². The predicted molar refractivity (Wildman–Crippen MR) is 89.2 cm³/mol. The number of rotatable bonds is 4. The summed E-state index contributed by atoms with van der Waals surface area (Å²) in [6.07, 6.45) is 1.44. The van der Waals surface area contributed by atoms with E-state index in [1.807, 2.05) is 0 Å². The van der Waals surface area contributed by atoms with Crippen LogP contribution in [0.15, 0.2) is 34.9 Å². The fraction of sp³-hybridized carbons (Fsp3) is 0.353. The zero-order valence-corrected chi connectivity index (χ0v) is 13.9. The van der Waals surface area contributed by atoms with Gasteiger partial charge < -0.3 is 15.1 Å². The van der Waals surface area contributed by atoms with Crippen LogP contribution in [0.5, 0.6) is 0 Å². The van der Waals surface area contributed by atoms with Crippen molar-refractivity contribution in [3.05, 3.63) is 58.3 Å². The number of nitrogens with zero attached hydrogens (tertiary/aromatic N) is 2. The first-order valence-corrected chi connectivity index (χ1v) is 8.18. The van der Waals surface area contributed by atoms with Gasteiger partial charge in [-0.1, -0.05) is 17.7 Å². The van der Waals surface area contributed by atoms with Crippen LogP contribution in [0.25, 0.3) is 0 Å². The number of amides is 1. The molecule has 0 atom stereocenters. The summed E-state index contributed by atoms with van der Waals surface area (Å²) in [7, 11) is 0. The molecule has 24 heavy (non-hydrogen) atoms. The fourth-order valence-corrected chi connectivity index (χ4v) is 3.02. The molecule has 7 heteroatoms. The summed E-state index contributed by atoms with van der Waals surface area (Å²) >= 11 is 6.07. The van der Waals surface area contributed by atoms with Gasteiger partial charge >= 0.3 is 0 Å². The molecular formula is C17H19ClFN3O2. The van der Waals surface area contributed by atoms with E-state index < -0.39 is 0 Å². The minimum atomic E-state index is -0.297. The van der Waals surface area contributed by atoms with Crippen LogP contribution in [0.3, 0.4) is 0 Å². The lowest BCUT2D eigenvalue weighted by Crippen LogP contribution is -2.48. The molecule has 1 aromatic heterocycles. The molecule has 0 bridgehead atoms. The van der Waals surface area contributed by atoms with Gasteiger partial charge in [0.05, 0.1) is 12.1 Å². The highest BCUT2D eigenvalue weighted by molar-refractivity contribution is 6.31. The molecule has 1 aliphatic heterocycles.